The molecule has 1 saturated carbocycles. The zero-order chi connectivity index (χ0) is 14.7. The topological polar surface area (TPSA) is 83.5 Å². The van der Waals surface area contributed by atoms with Crippen LogP contribution in [0.25, 0.3) is 0 Å². The second kappa shape index (κ2) is 6.22. The molecule has 2 N–H and O–H groups in total. The lowest BCUT2D eigenvalue weighted by atomic mass is 9.96. The van der Waals surface area contributed by atoms with Gasteiger partial charge in [0.1, 0.15) is 0 Å². The molecule has 0 saturated heterocycles. The second-order valence-corrected chi connectivity index (χ2v) is 9.13. The third-order valence-corrected chi connectivity index (χ3v) is 6.47. The van der Waals surface area contributed by atoms with Crippen molar-refractivity contribution in [1.29, 1.82) is 0 Å². The summed E-state index contributed by atoms with van der Waals surface area (Å²) in [5.74, 6) is -0.769. The molecular weight excluding hydrogens is 266 g/mol. The maximum atomic E-state index is 11.9. The van der Waals surface area contributed by atoms with E-state index in [1.54, 1.807) is 20.8 Å². The van der Waals surface area contributed by atoms with E-state index < -0.39 is 20.6 Å². The highest BCUT2D eigenvalue weighted by atomic mass is 32.2. The van der Waals surface area contributed by atoms with Crippen LogP contribution in [0.4, 0.5) is 0 Å². The molecule has 19 heavy (non-hydrogen) atoms. The SMILES string of the molecule is CC(C)(C)S(=O)(=O)CCNCC1CCCC1C(=O)O. The molecule has 1 fully saturated rings. The van der Waals surface area contributed by atoms with E-state index in [2.05, 4.69) is 5.32 Å². The molecule has 1 aliphatic carbocycles. The molecule has 0 aromatic rings. The highest BCUT2D eigenvalue weighted by Crippen LogP contribution is 2.31. The summed E-state index contributed by atoms with van der Waals surface area (Å²) in [6.07, 6.45) is 2.60. The Bertz CT molecular complexity index is 411. The van der Waals surface area contributed by atoms with E-state index in [1.165, 1.54) is 0 Å². The predicted octanol–water partition coefficient (Wildman–Crippen LogP) is 1.29. The van der Waals surface area contributed by atoms with E-state index in [0.29, 0.717) is 13.1 Å². The number of carbonyl (C=O) groups is 1. The molecule has 0 aliphatic heterocycles. The van der Waals surface area contributed by atoms with Crippen LogP contribution in [0.15, 0.2) is 0 Å². The fraction of sp³-hybridized carbons (Fsp3) is 0.923. The van der Waals surface area contributed by atoms with Crippen molar-refractivity contribution in [3.8, 4) is 0 Å². The molecule has 112 valence electrons. The van der Waals surface area contributed by atoms with Gasteiger partial charge >= 0.3 is 5.97 Å². The van der Waals surface area contributed by atoms with Crippen LogP contribution < -0.4 is 5.32 Å². The van der Waals surface area contributed by atoms with Gasteiger partial charge in [-0.25, -0.2) is 8.42 Å². The highest BCUT2D eigenvalue weighted by molar-refractivity contribution is 7.92. The minimum absolute atomic E-state index is 0.0982. The second-order valence-electron chi connectivity index (χ2n) is 6.27. The normalized spacial score (nSPS) is 24.6. The van der Waals surface area contributed by atoms with Crippen LogP contribution >= 0.6 is 0 Å². The van der Waals surface area contributed by atoms with Crippen LogP contribution in [0.2, 0.25) is 0 Å². The smallest absolute Gasteiger partial charge is 0.306 e. The summed E-state index contributed by atoms with van der Waals surface area (Å²) in [4.78, 5) is 11.0. The number of hydrogen-bond donors (Lipinski definition) is 2. The standard InChI is InChI=1S/C13H25NO4S/c1-13(2,3)19(17,18)8-7-14-9-10-5-4-6-11(10)12(15)16/h10-11,14H,4-9H2,1-3H3,(H,15,16). The molecule has 1 aliphatic rings. The van der Waals surface area contributed by atoms with E-state index in [1.807, 2.05) is 0 Å². The number of carboxylic acid groups (broad SMARTS) is 1. The van der Waals surface area contributed by atoms with E-state index in [9.17, 15) is 13.2 Å². The Labute approximate surface area is 115 Å². The number of sulfone groups is 1. The fourth-order valence-electron chi connectivity index (χ4n) is 2.41. The van der Waals surface area contributed by atoms with Crippen molar-refractivity contribution in [3.05, 3.63) is 0 Å². The molecular formula is C13H25NO4S. The molecule has 0 radical (unpaired) electrons. The van der Waals surface area contributed by atoms with Gasteiger partial charge in [0, 0.05) is 6.54 Å². The molecule has 0 heterocycles. The Hall–Kier alpha value is -0.620. The average Bonchev–Trinajstić information content (AvgIpc) is 2.71. The Balaban J connectivity index is 2.34. The zero-order valence-corrected chi connectivity index (χ0v) is 12.8. The first kappa shape index (κ1) is 16.4. The molecule has 0 aromatic heterocycles. The third-order valence-electron chi connectivity index (χ3n) is 3.86. The van der Waals surface area contributed by atoms with Crippen LogP contribution in [-0.4, -0.2) is 43.1 Å². The minimum atomic E-state index is -3.10. The quantitative estimate of drug-likeness (QED) is 0.721. The van der Waals surface area contributed by atoms with E-state index >= 15 is 0 Å². The van der Waals surface area contributed by atoms with Crippen LogP contribution in [0.3, 0.4) is 0 Å². The van der Waals surface area contributed by atoms with Gasteiger partial charge in [-0.05, 0) is 46.1 Å². The first-order chi connectivity index (χ1) is 8.65. The van der Waals surface area contributed by atoms with Gasteiger partial charge in [0.2, 0.25) is 0 Å². The number of carboxylic acids is 1. The lowest BCUT2D eigenvalue weighted by Crippen LogP contribution is -2.36. The van der Waals surface area contributed by atoms with Gasteiger partial charge in [0.05, 0.1) is 16.4 Å². The Kier molecular flexibility index (Phi) is 5.38. The summed E-state index contributed by atoms with van der Waals surface area (Å²) < 4.78 is 23.0. The first-order valence-electron chi connectivity index (χ1n) is 6.81. The van der Waals surface area contributed by atoms with Crippen molar-refractivity contribution in [3.63, 3.8) is 0 Å². The predicted molar refractivity (Wildman–Crippen MR) is 74.9 cm³/mol. The van der Waals surface area contributed by atoms with Crippen molar-refractivity contribution in [2.24, 2.45) is 11.8 Å². The van der Waals surface area contributed by atoms with Gasteiger partial charge < -0.3 is 10.4 Å². The van der Waals surface area contributed by atoms with Crippen LogP contribution in [0.1, 0.15) is 40.0 Å². The number of rotatable bonds is 6. The summed E-state index contributed by atoms with van der Waals surface area (Å²) in [5, 5.41) is 12.2. The van der Waals surface area contributed by atoms with E-state index in [-0.39, 0.29) is 17.6 Å². The zero-order valence-electron chi connectivity index (χ0n) is 12.0. The Morgan fingerprint density at radius 3 is 2.47 bits per heavy atom. The summed E-state index contributed by atoms with van der Waals surface area (Å²) in [5.41, 5.74) is 0. The number of nitrogens with one attached hydrogen (secondary N) is 1. The molecule has 6 heteroatoms. The Morgan fingerprint density at radius 2 is 1.95 bits per heavy atom. The van der Waals surface area contributed by atoms with E-state index in [4.69, 9.17) is 5.11 Å². The highest BCUT2D eigenvalue weighted by Gasteiger charge is 2.33. The lowest BCUT2D eigenvalue weighted by molar-refractivity contribution is -0.142. The van der Waals surface area contributed by atoms with Gasteiger partial charge in [-0.3, -0.25) is 4.79 Å². The lowest BCUT2D eigenvalue weighted by Gasteiger charge is -2.20. The van der Waals surface area contributed by atoms with Gasteiger partial charge in [-0.2, -0.15) is 0 Å². The van der Waals surface area contributed by atoms with Crippen molar-refractivity contribution in [1.82, 2.24) is 5.32 Å². The molecule has 1 rings (SSSR count). The Morgan fingerprint density at radius 1 is 1.32 bits per heavy atom. The number of hydrogen-bond acceptors (Lipinski definition) is 4. The summed E-state index contributed by atoms with van der Waals surface area (Å²) >= 11 is 0. The summed E-state index contributed by atoms with van der Waals surface area (Å²) in [7, 11) is -3.10. The van der Waals surface area contributed by atoms with E-state index in [0.717, 1.165) is 19.3 Å². The molecule has 2 unspecified atom stereocenters. The molecule has 0 spiro atoms. The third kappa shape index (κ3) is 4.45. The maximum absolute atomic E-state index is 11.9. The largest absolute Gasteiger partial charge is 0.481 e. The van der Waals surface area contributed by atoms with Crippen molar-refractivity contribution in [2.45, 2.75) is 44.8 Å². The molecule has 5 nitrogen and oxygen atoms in total. The van der Waals surface area contributed by atoms with Gasteiger partial charge in [0.25, 0.3) is 0 Å². The van der Waals surface area contributed by atoms with Crippen molar-refractivity contribution < 1.29 is 18.3 Å². The minimum Gasteiger partial charge on any atom is -0.481 e. The molecule has 0 amide bonds. The van der Waals surface area contributed by atoms with Gasteiger partial charge in [-0.1, -0.05) is 6.42 Å². The fourth-order valence-corrected chi connectivity index (χ4v) is 3.43. The summed E-state index contributed by atoms with van der Waals surface area (Å²) in [6, 6.07) is 0. The van der Waals surface area contributed by atoms with Gasteiger partial charge in [-0.15, -0.1) is 0 Å². The molecule has 0 aromatic carbocycles. The van der Waals surface area contributed by atoms with Crippen molar-refractivity contribution >= 4 is 15.8 Å². The monoisotopic (exact) mass is 291 g/mol. The summed E-state index contributed by atoms with van der Waals surface area (Å²) in [6.45, 7) is 6.07. The van der Waals surface area contributed by atoms with Crippen LogP contribution in [-0.2, 0) is 14.6 Å². The maximum Gasteiger partial charge on any atom is 0.306 e. The van der Waals surface area contributed by atoms with Gasteiger partial charge in [0.15, 0.2) is 9.84 Å². The van der Waals surface area contributed by atoms with Crippen LogP contribution in [0, 0.1) is 11.8 Å². The molecule has 0 bridgehead atoms. The number of aliphatic carboxylic acids is 1. The average molecular weight is 291 g/mol. The van der Waals surface area contributed by atoms with Crippen molar-refractivity contribution in [2.75, 3.05) is 18.8 Å². The first-order valence-corrected chi connectivity index (χ1v) is 8.46. The van der Waals surface area contributed by atoms with Crippen LogP contribution in [0.5, 0.6) is 0 Å². The molecule has 2 atom stereocenters.